The smallest absolute Gasteiger partial charge is 0.333 e. The zero-order valence-corrected chi connectivity index (χ0v) is 13.8. The topological polar surface area (TPSA) is 81.3 Å². The van der Waals surface area contributed by atoms with Crippen molar-refractivity contribution in [2.24, 2.45) is 7.05 Å². The molecular weight excluding hydrogens is 292 g/mol. The molecule has 7 nitrogen and oxygen atoms in total. The average molecular weight is 314 g/mol. The minimum Gasteiger partial charge on any atom is -0.349 e. The summed E-state index contributed by atoms with van der Waals surface area (Å²) in [6, 6.07) is 0. The van der Waals surface area contributed by atoms with Crippen LogP contribution in [0, 0.1) is 17.0 Å². The third kappa shape index (κ3) is 2.56. The fourth-order valence-corrected chi connectivity index (χ4v) is 4.85. The minimum absolute atomic E-state index is 0.0614. The predicted octanol–water partition coefficient (Wildman–Crippen LogP) is 1.76. The van der Waals surface area contributed by atoms with E-state index in [2.05, 4.69) is 5.10 Å². The van der Waals surface area contributed by atoms with Crippen molar-refractivity contribution < 1.29 is 9.13 Å². The maximum absolute atomic E-state index is 12.4. The van der Waals surface area contributed by atoms with E-state index in [1.54, 1.807) is 18.7 Å². The number of aromatic nitrogens is 2. The van der Waals surface area contributed by atoms with Crippen LogP contribution in [-0.4, -0.2) is 42.5 Å². The highest BCUT2D eigenvalue weighted by molar-refractivity contribution is 7.86. The van der Waals surface area contributed by atoms with Crippen LogP contribution in [0.2, 0.25) is 0 Å². The molecule has 0 saturated carbocycles. The van der Waals surface area contributed by atoms with E-state index in [9.17, 15) is 14.3 Å². The SMILES string of the molecule is CCC1(CC)CN(c2c([N+](=O)[O-])c(C)nn2C)CCS1=O. The molecule has 1 aliphatic heterocycles. The molecule has 8 heteroatoms. The Kier molecular flexibility index (Phi) is 4.36. The normalized spacial score (nSPS) is 21.5. The van der Waals surface area contributed by atoms with E-state index in [0.29, 0.717) is 30.4 Å². The molecular formula is C13H22N4O3S. The number of hydrogen-bond donors (Lipinski definition) is 0. The lowest BCUT2D eigenvalue weighted by Crippen LogP contribution is -2.53. The van der Waals surface area contributed by atoms with Crippen LogP contribution >= 0.6 is 0 Å². The lowest BCUT2D eigenvalue weighted by Gasteiger charge is -2.41. The van der Waals surface area contributed by atoms with E-state index in [1.807, 2.05) is 18.7 Å². The molecule has 2 rings (SSSR count). The molecule has 1 aliphatic rings. The molecule has 2 heterocycles. The predicted molar refractivity (Wildman–Crippen MR) is 83.1 cm³/mol. The Labute approximate surface area is 126 Å². The number of rotatable bonds is 4. The van der Waals surface area contributed by atoms with Crippen LogP contribution in [-0.2, 0) is 17.8 Å². The van der Waals surface area contributed by atoms with Gasteiger partial charge in [-0.15, -0.1) is 0 Å². The Hall–Kier alpha value is -1.44. The van der Waals surface area contributed by atoms with Gasteiger partial charge in [-0.05, 0) is 19.8 Å². The van der Waals surface area contributed by atoms with Gasteiger partial charge in [0.1, 0.15) is 5.69 Å². The monoisotopic (exact) mass is 314 g/mol. The second kappa shape index (κ2) is 5.75. The second-order valence-corrected chi connectivity index (χ2v) is 7.46. The molecule has 0 aliphatic carbocycles. The molecule has 1 saturated heterocycles. The summed E-state index contributed by atoms with van der Waals surface area (Å²) in [5, 5.41) is 15.5. The van der Waals surface area contributed by atoms with E-state index in [1.165, 1.54) is 0 Å². The average Bonchev–Trinajstić information content (AvgIpc) is 2.74. The second-order valence-electron chi connectivity index (χ2n) is 5.50. The lowest BCUT2D eigenvalue weighted by atomic mass is 10.0. The third-order valence-corrected chi connectivity index (χ3v) is 6.67. The van der Waals surface area contributed by atoms with Gasteiger partial charge in [-0.3, -0.25) is 14.3 Å². The van der Waals surface area contributed by atoms with Gasteiger partial charge in [-0.2, -0.15) is 5.10 Å². The van der Waals surface area contributed by atoms with E-state index < -0.39 is 10.8 Å². The van der Waals surface area contributed by atoms with E-state index >= 15 is 0 Å². The quantitative estimate of drug-likeness (QED) is 0.625. The van der Waals surface area contributed by atoms with Gasteiger partial charge in [-0.25, -0.2) is 4.68 Å². The largest absolute Gasteiger partial charge is 0.349 e. The van der Waals surface area contributed by atoms with Gasteiger partial charge >= 0.3 is 5.69 Å². The maximum atomic E-state index is 12.4. The molecule has 118 valence electrons. The Morgan fingerprint density at radius 3 is 2.57 bits per heavy atom. The fourth-order valence-electron chi connectivity index (χ4n) is 3.09. The summed E-state index contributed by atoms with van der Waals surface area (Å²) in [4.78, 5) is 12.9. The first kappa shape index (κ1) is 15.9. The standard InChI is InChI=1S/C13H22N4O3S/c1-5-13(6-2)9-16(7-8-21(13)20)12-11(17(18)19)10(3)14-15(12)4/h5-9H2,1-4H3. The Morgan fingerprint density at radius 1 is 1.43 bits per heavy atom. The van der Waals surface area contributed by atoms with E-state index in [0.717, 1.165) is 12.8 Å². The van der Waals surface area contributed by atoms with Crippen molar-refractivity contribution in [3.63, 3.8) is 0 Å². The number of nitrogens with zero attached hydrogens (tertiary/aromatic N) is 4. The zero-order chi connectivity index (χ0) is 15.8. The number of aryl methyl sites for hydroxylation is 2. The molecule has 1 unspecified atom stereocenters. The molecule has 21 heavy (non-hydrogen) atoms. The molecule has 0 amide bonds. The van der Waals surface area contributed by atoms with Crippen molar-refractivity contribution in [3.8, 4) is 0 Å². The molecule has 0 aromatic carbocycles. The summed E-state index contributed by atoms with van der Waals surface area (Å²) < 4.78 is 13.7. The van der Waals surface area contributed by atoms with Crippen molar-refractivity contribution in [2.75, 3.05) is 23.7 Å². The molecule has 1 atom stereocenters. The number of hydrogen-bond acceptors (Lipinski definition) is 5. The summed E-state index contributed by atoms with van der Waals surface area (Å²) in [6.45, 7) is 6.86. The lowest BCUT2D eigenvalue weighted by molar-refractivity contribution is -0.384. The van der Waals surface area contributed by atoms with Gasteiger partial charge < -0.3 is 4.90 Å². The summed E-state index contributed by atoms with van der Waals surface area (Å²) in [5.74, 6) is 1.07. The first-order valence-electron chi connectivity index (χ1n) is 7.17. The van der Waals surface area contributed by atoms with Crippen molar-refractivity contribution in [1.29, 1.82) is 0 Å². The van der Waals surface area contributed by atoms with Crippen molar-refractivity contribution in [3.05, 3.63) is 15.8 Å². The first-order valence-corrected chi connectivity index (χ1v) is 8.49. The number of anilines is 1. The van der Waals surface area contributed by atoms with Crippen LogP contribution in [0.3, 0.4) is 0 Å². The Balaban J connectivity index is 2.44. The molecule has 0 N–H and O–H groups in total. The van der Waals surface area contributed by atoms with Gasteiger partial charge in [0.05, 0.1) is 9.67 Å². The van der Waals surface area contributed by atoms with Crippen LogP contribution < -0.4 is 4.90 Å². The summed E-state index contributed by atoms with van der Waals surface area (Å²) in [5.41, 5.74) is 0.481. The minimum atomic E-state index is -0.889. The summed E-state index contributed by atoms with van der Waals surface area (Å²) in [6.07, 6.45) is 1.61. The van der Waals surface area contributed by atoms with Gasteiger partial charge in [0.2, 0.25) is 5.82 Å². The highest BCUT2D eigenvalue weighted by Gasteiger charge is 2.41. The Morgan fingerprint density at radius 2 is 2.05 bits per heavy atom. The van der Waals surface area contributed by atoms with Crippen molar-refractivity contribution >= 4 is 22.3 Å². The van der Waals surface area contributed by atoms with Crippen LogP contribution in [0.25, 0.3) is 0 Å². The van der Waals surface area contributed by atoms with Crippen LogP contribution in [0.1, 0.15) is 32.4 Å². The third-order valence-electron chi connectivity index (χ3n) is 4.44. The molecule has 0 radical (unpaired) electrons. The highest BCUT2D eigenvalue weighted by atomic mass is 32.2. The summed E-state index contributed by atoms with van der Waals surface area (Å²) in [7, 11) is 0.833. The fraction of sp³-hybridized carbons (Fsp3) is 0.769. The Bertz CT molecular complexity index is 580. The van der Waals surface area contributed by atoms with E-state index in [-0.39, 0.29) is 15.4 Å². The molecule has 1 aromatic rings. The van der Waals surface area contributed by atoms with Gasteiger partial charge in [0, 0.05) is 36.7 Å². The molecule has 1 fully saturated rings. The molecule has 0 bridgehead atoms. The van der Waals surface area contributed by atoms with Gasteiger partial charge in [0.25, 0.3) is 0 Å². The van der Waals surface area contributed by atoms with Crippen molar-refractivity contribution in [2.45, 2.75) is 38.4 Å². The maximum Gasteiger partial charge on any atom is 0.333 e. The van der Waals surface area contributed by atoms with E-state index in [4.69, 9.17) is 0 Å². The summed E-state index contributed by atoms with van der Waals surface area (Å²) >= 11 is 0. The van der Waals surface area contributed by atoms with Crippen LogP contribution in [0.15, 0.2) is 0 Å². The molecule has 0 spiro atoms. The molecule has 1 aromatic heterocycles. The van der Waals surface area contributed by atoms with Crippen LogP contribution in [0.5, 0.6) is 0 Å². The first-order chi connectivity index (χ1) is 9.86. The van der Waals surface area contributed by atoms with Crippen LogP contribution in [0.4, 0.5) is 11.5 Å². The van der Waals surface area contributed by atoms with Crippen molar-refractivity contribution in [1.82, 2.24) is 9.78 Å². The number of nitro groups is 1. The van der Waals surface area contributed by atoms with Gasteiger partial charge in [-0.1, -0.05) is 13.8 Å². The van der Waals surface area contributed by atoms with Gasteiger partial charge in [0.15, 0.2) is 0 Å². The zero-order valence-electron chi connectivity index (χ0n) is 13.0. The highest BCUT2D eigenvalue weighted by Crippen LogP contribution is 2.36.